The van der Waals surface area contributed by atoms with Crippen LogP contribution in [0.2, 0.25) is 0 Å². The third-order valence-corrected chi connectivity index (χ3v) is 1.98. The van der Waals surface area contributed by atoms with Gasteiger partial charge < -0.3 is 15.4 Å². The van der Waals surface area contributed by atoms with Gasteiger partial charge in [0.25, 0.3) is 5.91 Å². The largest absolute Gasteiger partial charge is 0.481 e. The maximum Gasteiger partial charge on any atom is 0.303 e. The summed E-state index contributed by atoms with van der Waals surface area (Å²) in [7, 11) is 0. The highest BCUT2D eigenvalue weighted by molar-refractivity contribution is 5.92. The molecule has 0 bridgehead atoms. The molecule has 3 N–H and O–H groups in total. The topological polar surface area (TPSA) is 82.2 Å². The molecular weight excluding hydrogens is 196 g/mol. The predicted molar refractivity (Wildman–Crippen MR) is 54.5 cm³/mol. The van der Waals surface area contributed by atoms with Crippen LogP contribution in [0.5, 0.6) is 0 Å². The molecule has 1 aromatic heterocycles. The number of carboxylic acid groups (broad SMARTS) is 1. The molecule has 1 rings (SSSR count). The second kappa shape index (κ2) is 5.19. The monoisotopic (exact) mass is 210 g/mol. The first kappa shape index (κ1) is 11.3. The standard InChI is InChI=1S/C10H14N2O3/c1-7(5-9(13)14)6-12-10(15)8-3-2-4-11-8/h2-4,7,11H,5-6H2,1H3,(H,12,15)(H,13,14). The molecule has 1 aromatic rings. The van der Waals surface area contributed by atoms with Gasteiger partial charge in [0, 0.05) is 19.2 Å². The maximum atomic E-state index is 11.4. The third-order valence-electron chi connectivity index (χ3n) is 1.98. The highest BCUT2D eigenvalue weighted by Gasteiger charge is 2.10. The molecule has 1 amide bonds. The van der Waals surface area contributed by atoms with Crippen molar-refractivity contribution in [2.75, 3.05) is 6.54 Å². The lowest BCUT2D eigenvalue weighted by Gasteiger charge is -2.09. The normalized spacial score (nSPS) is 12.1. The highest BCUT2D eigenvalue weighted by Crippen LogP contribution is 2.00. The van der Waals surface area contributed by atoms with Crippen molar-refractivity contribution in [3.8, 4) is 0 Å². The first-order chi connectivity index (χ1) is 7.09. The molecule has 5 nitrogen and oxygen atoms in total. The lowest BCUT2D eigenvalue weighted by molar-refractivity contribution is -0.137. The first-order valence-corrected chi connectivity index (χ1v) is 4.73. The Hall–Kier alpha value is -1.78. The summed E-state index contributed by atoms with van der Waals surface area (Å²) in [6.07, 6.45) is 1.72. The first-order valence-electron chi connectivity index (χ1n) is 4.73. The second-order valence-electron chi connectivity index (χ2n) is 3.50. The van der Waals surface area contributed by atoms with Crippen LogP contribution in [0.25, 0.3) is 0 Å². The van der Waals surface area contributed by atoms with Crippen LogP contribution in [-0.2, 0) is 4.79 Å². The van der Waals surface area contributed by atoms with Gasteiger partial charge in [0.05, 0.1) is 0 Å². The van der Waals surface area contributed by atoms with E-state index in [-0.39, 0.29) is 18.2 Å². The molecule has 0 radical (unpaired) electrons. The number of aromatic nitrogens is 1. The molecule has 0 aromatic carbocycles. The Morgan fingerprint density at radius 3 is 2.87 bits per heavy atom. The fourth-order valence-corrected chi connectivity index (χ4v) is 1.20. The number of aromatic amines is 1. The van der Waals surface area contributed by atoms with E-state index in [1.807, 2.05) is 0 Å². The molecule has 1 atom stereocenters. The molecule has 0 saturated heterocycles. The smallest absolute Gasteiger partial charge is 0.303 e. The molecule has 1 unspecified atom stereocenters. The van der Waals surface area contributed by atoms with Crippen LogP contribution in [0.3, 0.4) is 0 Å². The summed E-state index contributed by atoms with van der Waals surface area (Å²) in [5.41, 5.74) is 0.484. The van der Waals surface area contributed by atoms with Gasteiger partial charge in [-0.05, 0) is 18.1 Å². The Labute approximate surface area is 87.5 Å². The van der Waals surface area contributed by atoms with E-state index in [1.54, 1.807) is 25.3 Å². The lowest BCUT2D eigenvalue weighted by atomic mass is 10.1. The van der Waals surface area contributed by atoms with Crippen molar-refractivity contribution in [3.05, 3.63) is 24.0 Å². The van der Waals surface area contributed by atoms with Gasteiger partial charge in [-0.25, -0.2) is 0 Å². The van der Waals surface area contributed by atoms with E-state index in [9.17, 15) is 9.59 Å². The van der Waals surface area contributed by atoms with Gasteiger partial charge in [0.1, 0.15) is 5.69 Å². The molecular formula is C10H14N2O3. The molecule has 15 heavy (non-hydrogen) atoms. The van der Waals surface area contributed by atoms with E-state index in [1.165, 1.54) is 0 Å². The van der Waals surface area contributed by atoms with Gasteiger partial charge in [-0.2, -0.15) is 0 Å². The summed E-state index contributed by atoms with van der Waals surface area (Å²) < 4.78 is 0. The number of carboxylic acids is 1. The van der Waals surface area contributed by atoms with Gasteiger partial charge in [0.2, 0.25) is 0 Å². The zero-order valence-corrected chi connectivity index (χ0v) is 8.49. The Kier molecular flexibility index (Phi) is 3.91. The van der Waals surface area contributed by atoms with Crippen LogP contribution in [-0.4, -0.2) is 28.5 Å². The second-order valence-corrected chi connectivity index (χ2v) is 3.50. The zero-order chi connectivity index (χ0) is 11.3. The highest BCUT2D eigenvalue weighted by atomic mass is 16.4. The molecule has 5 heteroatoms. The molecule has 0 aliphatic rings. The number of carbonyl (C=O) groups is 2. The number of amides is 1. The minimum Gasteiger partial charge on any atom is -0.481 e. The van der Waals surface area contributed by atoms with Crippen molar-refractivity contribution in [2.24, 2.45) is 5.92 Å². The van der Waals surface area contributed by atoms with Gasteiger partial charge in [-0.3, -0.25) is 9.59 Å². The third kappa shape index (κ3) is 3.84. The molecule has 0 spiro atoms. The van der Waals surface area contributed by atoms with Crippen LogP contribution in [0.15, 0.2) is 18.3 Å². The number of aliphatic carboxylic acids is 1. The van der Waals surface area contributed by atoms with Crippen molar-refractivity contribution in [3.63, 3.8) is 0 Å². The minimum atomic E-state index is -0.850. The van der Waals surface area contributed by atoms with Crippen LogP contribution in [0.4, 0.5) is 0 Å². The van der Waals surface area contributed by atoms with Gasteiger partial charge >= 0.3 is 5.97 Å². The van der Waals surface area contributed by atoms with E-state index in [0.717, 1.165) is 0 Å². The van der Waals surface area contributed by atoms with E-state index < -0.39 is 5.97 Å². The van der Waals surface area contributed by atoms with E-state index in [2.05, 4.69) is 10.3 Å². The van der Waals surface area contributed by atoms with Crippen LogP contribution >= 0.6 is 0 Å². The van der Waals surface area contributed by atoms with Crippen molar-refractivity contribution >= 4 is 11.9 Å². The average molecular weight is 210 g/mol. The van der Waals surface area contributed by atoms with E-state index >= 15 is 0 Å². The number of nitrogens with one attached hydrogen (secondary N) is 2. The molecule has 82 valence electrons. The Morgan fingerprint density at radius 2 is 2.33 bits per heavy atom. The fraction of sp³-hybridized carbons (Fsp3) is 0.400. The summed E-state index contributed by atoms with van der Waals surface area (Å²) in [5, 5.41) is 11.2. The SMILES string of the molecule is CC(CNC(=O)c1ccc[nH]1)CC(=O)O. The lowest BCUT2D eigenvalue weighted by Crippen LogP contribution is -2.29. The molecule has 0 aliphatic carbocycles. The number of hydrogen-bond acceptors (Lipinski definition) is 2. The Morgan fingerprint density at radius 1 is 1.60 bits per heavy atom. The van der Waals surface area contributed by atoms with Crippen molar-refractivity contribution in [2.45, 2.75) is 13.3 Å². The summed E-state index contributed by atoms with van der Waals surface area (Å²) >= 11 is 0. The molecule has 0 aliphatic heterocycles. The summed E-state index contributed by atoms with van der Waals surface area (Å²) in [6.45, 7) is 2.15. The van der Waals surface area contributed by atoms with Crippen molar-refractivity contribution in [1.29, 1.82) is 0 Å². The van der Waals surface area contributed by atoms with E-state index in [4.69, 9.17) is 5.11 Å². The van der Waals surface area contributed by atoms with Gasteiger partial charge in [-0.1, -0.05) is 6.92 Å². The number of hydrogen-bond donors (Lipinski definition) is 3. The average Bonchev–Trinajstić information content (AvgIpc) is 2.65. The zero-order valence-electron chi connectivity index (χ0n) is 8.49. The Balaban J connectivity index is 2.31. The van der Waals surface area contributed by atoms with Crippen molar-refractivity contribution in [1.82, 2.24) is 10.3 Å². The Bertz CT molecular complexity index is 332. The number of rotatable bonds is 5. The quantitative estimate of drug-likeness (QED) is 0.674. The summed E-state index contributed by atoms with van der Waals surface area (Å²) in [5.74, 6) is -1.13. The van der Waals surface area contributed by atoms with Gasteiger partial charge in [-0.15, -0.1) is 0 Å². The molecule has 0 fully saturated rings. The van der Waals surface area contributed by atoms with Crippen LogP contribution < -0.4 is 5.32 Å². The number of carbonyl (C=O) groups excluding carboxylic acids is 1. The van der Waals surface area contributed by atoms with Crippen LogP contribution in [0.1, 0.15) is 23.8 Å². The number of H-pyrrole nitrogens is 1. The molecule has 0 saturated carbocycles. The maximum absolute atomic E-state index is 11.4. The van der Waals surface area contributed by atoms with E-state index in [0.29, 0.717) is 12.2 Å². The minimum absolute atomic E-state index is 0.0605. The fourth-order valence-electron chi connectivity index (χ4n) is 1.20. The van der Waals surface area contributed by atoms with Crippen LogP contribution in [0, 0.1) is 5.92 Å². The summed E-state index contributed by atoms with van der Waals surface area (Å²) in [6, 6.07) is 3.40. The van der Waals surface area contributed by atoms with Crippen molar-refractivity contribution < 1.29 is 14.7 Å². The molecule has 1 heterocycles. The predicted octanol–water partition coefficient (Wildman–Crippen LogP) is 0.855. The van der Waals surface area contributed by atoms with Gasteiger partial charge in [0.15, 0.2) is 0 Å². The summed E-state index contributed by atoms with van der Waals surface area (Å²) in [4.78, 5) is 24.5.